The van der Waals surface area contributed by atoms with Gasteiger partial charge < -0.3 is 5.32 Å². The number of rotatable bonds is 8. The summed E-state index contributed by atoms with van der Waals surface area (Å²) in [6, 6.07) is 0.575. The largest absolute Gasteiger partial charge is 0.308 e. The summed E-state index contributed by atoms with van der Waals surface area (Å²) in [6.07, 6.45) is 5.86. The van der Waals surface area contributed by atoms with Crippen LogP contribution in [0.15, 0.2) is 0 Å². The predicted molar refractivity (Wildman–Crippen MR) is 88.3 cm³/mol. The second-order valence-electron chi connectivity index (χ2n) is 7.08. The third-order valence-electron chi connectivity index (χ3n) is 5.23. The van der Waals surface area contributed by atoms with E-state index in [1.807, 2.05) is 0 Å². The summed E-state index contributed by atoms with van der Waals surface area (Å²) in [6.45, 7) is 9.38. The van der Waals surface area contributed by atoms with Crippen molar-refractivity contribution < 1.29 is 8.42 Å². The van der Waals surface area contributed by atoms with Gasteiger partial charge in [0.25, 0.3) is 0 Å². The lowest BCUT2D eigenvalue weighted by Crippen LogP contribution is -2.64. The summed E-state index contributed by atoms with van der Waals surface area (Å²) in [7, 11) is -2.83. The van der Waals surface area contributed by atoms with E-state index in [-0.39, 0.29) is 11.3 Å². The van der Waals surface area contributed by atoms with E-state index < -0.39 is 9.84 Å². The number of nitrogens with zero attached hydrogens (tertiary/aromatic N) is 1. The molecule has 5 heteroatoms. The molecule has 0 amide bonds. The van der Waals surface area contributed by atoms with E-state index in [9.17, 15) is 8.42 Å². The lowest BCUT2D eigenvalue weighted by molar-refractivity contribution is 0.0705. The maximum Gasteiger partial charge on any atom is 0.150 e. The molecule has 0 aromatic heterocycles. The minimum atomic E-state index is -2.83. The number of hydrogen-bond acceptors (Lipinski definition) is 4. The second-order valence-corrected chi connectivity index (χ2v) is 9.55. The van der Waals surface area contributed by atoms with Gasteiger partial charge in [-0.25, -0.2) is 8.42 Å². The SMILES string of the molecule is CCCC1CNC(C)(C2CC2)CN1CCCS(=O)(=O)CC. The van der Waals surface area contributed by atoms with Crippen molar-refractivity contribution >= 4 is 9.84 Å². The predicted octanol–water partition coefficient (Wildman–Crippen LogP) is 2.05. The zero-order valence-corrected chi connectivity index (χ0v) is 14.7. The molecule has 0 bridgehead atoms. The van der Waals surface area contributed by atoms with Crippen LogP contribution in [-0.2, 0) is 9.84 Å². The second kappa shape index (κ2) is 6.97. The van der Waals surface area contributed by atoms with Gasteiger partial charge in [0.15, 0.2) is 0 Å². The highest BCUT2D eigenvalue weighted by molar-refractivity contribution is 7.91. The highest BCUT2D eigenvalue weighted by Gasteiger charge is 2.45. The molecule has 1 saturated carbocycles. The van der Waals surface area contributed by atoms with Gasteiger partial charge in [-0.3, -0.25) is 4.90 Å². The van der Waals surface area contributed by atoms with E-state index in [1.165, 1.54) is 25.7 Å². The van der Waals surface area contributed by atoms with Crippen LogP contribution < -0.4 is 5.32 Å². The number of nitrogens with one attached hydrogen (secondary N) is 1. The van der Waals surface area contributed by atoms with Crippen molar-refractivity contribution in [1.29, 1.82) is 0 Å². The molecule has 4 nitrogen and oxygen atoms in total. The zero-order valence-electron chi connectivity index (χ0n) is 13.9. The van der Waals surface area contributed by atoms with Gasteiger partial charge >= 0.3 is 0 Å². The van der Waals surface area contributed by atoms with Crippen LogP contribution in [0.1, 0.15) is 52.9 Å². The lowest BCUT2D eigenvalue weighted by Gasteiger charge is -2.47. The van der Waals surface area contributed by atoms with Crippen molar-refractivity contribution in [3.63, 3.8) is 0 Å². The first-order valence-electron chi connectivity index (χ1n) is 8.59. The molecular weight excluding hydrogens is 284 g/mol. The molecule has 124 valence electrons. The van der Waals surface area contributed by atoms with Crippen molar-refractivity contribution in [2.24, 2.45) is 5.92 Å². The summed E-state index contributed by atoms with van der Waals surface area (Å²) < 4.78 is 23.3. The van der Waals surface area contributed by atoms with Gasteiger partial charge in [0.2, 0.25) is 0 Å². The maximum atomic E-state index is 11.7. The van der Waals surface area contributed by atoms with Crippen LogP contribution in [0.4, 0.5) is 0 Å². The fraction of sp³-hybridized carbons (Fsp3) is 1.00. The third-order valence-corrected chi connectivity index (χ3v) is 7.02. The summed E-state index contributed by atoms with van der Waals surface area (Å²) in [5.74, 6) is 1.43. The first-order valence-corrected chi connectivity index (χ1v) is 10.4. The quantitative estimate of drug-likeness (QED) is 0.744. The molecule has 2 aliphatic rings. The van der Waals surface area contributed by atoms with Crippen LogP contribution in [0.25, 0.3) is 0 Å². The van der Waals surface area contributed by atoms with Gasteiger partial charge in [0.1, 0.15) is 9.84 Å². The summed E-state index contributed by atoms with van der Waals surface area (Å²) in [4.78, 5) is 2.56. The van der Waals surface area contributed by atoms with E-state index in [2.05, 4.69) is 24.1 Å². The van der Waals surface area contributed by atoms with Crippen molar-refractivity contribution in [1.82, 2.24) is 10.2 Å². The Hall–Kier alpha value is -0.130. The summed E-state index contributed by atoms with van der Waals surface area (Å²) >= 11 is 0. The molecular formula is C16H32N2O2S. The number of sulfone groups is 1. The summed E-state index contributed by atoms with van der Waals surface area (Å²) in [5.41, 5.74) is 0.244. The van der Waals surface area contributed by atoms with Gasteiger partial charge in [-0.05, 0) is 45.1 Å². The average Bonchev–Trinajstić information content (AvgIpc) is 3.27. The van der Waals surface area contributed by atoms with Crippen LogP contribution in [0, 0.1) is 5.92 Å². The van der Waals surface area contributed by atoms with E-state index in [0.29, 0.717) is 11.8 Å². The number of piperazine rings is 1. The van der Waals surface area contributed by atoms with Crippen molar-refractivity contribution in [3.05, 3.63) is 0 Å². The topological polar surface area (TPSA) is 49.4 Å². The smallest absolute Gasteiger partial charge is 0.150 e. The molecule has 2 atom stereocenters. The van der Waals surface area contributed by atoms with Gasteiger partial charge in [0.05, 0.1) is 5.75 Å². The normalized spacial score (nSPS) is 31.5. The van der Waals surface area contributed by atoms with Crippen molar-refractivity contribution in [2.75, 3.05) is 31.1 Å². The zero-order chi connectivity index (χ0) is 15.5. The highest BCUT2D eigenvalue weighted by Crippen LogP contribution is 2.41. The first kappa shape index (κ1) is 17.2. The summed E-state index contributed by atoms with van der Waals surface area (Å²) in [5, 5.41) is 3.78. The van der Waals surface area contributed by atoms with Crippen LogP contribution in [-0.4, -0.2) is 56.0 Å². The van der Waals surface area contributed by atoms with Gasteiger partial charge in [-0.1, -0.05) is 20.3 Å². The Morgan fingerprint density at radius 3 is 2.57 bits per heavy atom. The fourth-order valence-corrected chi connectivity index (χ4v) is 4.45. The molecule has 1 heterocycles. The minimum Gasteiger partial charge on any atom is -0.308 e. The highest BCUT2D eigenvalue weighted by atomic mass is 32.2. The van der Waals surface area contributed by atoms with Crippen LogP contribution in [0.3, 0.4) is 0 Å². The Morgan fingerprint density at radius 2 is 2.00 bits per heavy atom. The molecule has 21 heavy (non-hydrogen) atoms. The molecule has 1 saturated heterocycles. The van der Waals surface area contributed by atoms with Gasteiger partial charge in [0, 0.05) is 30.4 Å². The maximum absolute atomic E-state index is 11.7. The Bertz CT molecular complexity index is 434. The molecule has 0 spiro atoms. The lowest BCUT2D eigenvalue weighted by atomic mass is 9.90. The molecule has 0 aromatic carbocycles. The molecule has 2 unspecified atom stereocenters. The van der Waals surface area contributed by atoms with Gasteiger partial charge in [-0.2, -0.15) is 0 Å². The van der Waals surface area contributed by atoms with Crippen molar-refractivity contribution in [3.8, 4) is 0 Å². The number of hydrogen-bond donors (Lipinski definition) is 1. The van der Waals surface area contributed by atoms with E-state index in [0.717, 1.165) is 32.0 Å². The first-order chi connectivity index (χ1) is 9.90. The Balaban J connectivity index is 1.91. The Labute approximate surface area is 130 Å². The Morgan fingerprint density at radius 1 is 1.29 bits per heavy atom. The van der Waals surface area contributed by atoms with E-state index in [1.54, 1.807) is 6.92 Å². The van der Waals surface area contributed by atoms with Crippen LogP contribution in [0.2, 0.25) is 0 Å². The molecule has 1 aliphatic heterocycles. The molecule has 0 aromatic rings. The van der Waals surface area contributed by atoms with Gasteiger partial charge in [-0.15, -0.1) is 0 Å². The van der Waals surface area contributed by atoms with E-state index >= 15 is 0 Å². The molecule has 0 radical (unpaired) electrons. The molecule has 1 N–H and O–H groups in total. The molecule has 2 rings (SSSR count). The minimum absolute atomic E-state index is 0.244. The molecule has 2 fully saturated rings. The fourth-order valence-electron chi connectivity index (χ4n) is 3.59. The van der Waals surface area contributed by atoms with Crippen LogP contribution in [0.5, 0.6) is 0 Å². The standard InChI is InChI=1S/C16H32N2O2S/c1-4-7-15-12-17-16(3,14-8-9-14)13-18(15)10-6-11-21(19,20)5-2/h14-15,17H,4-13H2,1-3H3. The monoisotopic (exact) mass is 316 g/mol. The average molecular weight is 317 g/mol. The Kier molecular flexibility index (Phi) is 5.71. The van der Waals surface area contributed by atoms with Crippen LogP contribution >= 0.6 is 0 Å². The molecule has 1 aliphatic carbocycles. The van der Waals surface area contributed by atoms with E-state index in [4.69, 9.17) is 0 Å². The van der Waals surface area contributed by atoms with Crippen molar-refractivity contribution in [2.45, 2.75) is 64.5 Å². The third kappa shape index (κ3) is 4.67.